The topological polar surface area (TPSA) is 28.0 Å². The molecule has 3 nitrogen and oxygen atoms in total. The van der Waals surface area contributed by atoms with Gasteiger partial charge in [-0.3, -0.25) is 0 Å². The Labute approximate surface area is 79.7 Å². The standard InChI is InChI=1S/C5H6Cl3N3/c1-11-2-9-4(10-3-11)5(6,7)8/h2H,3H2,1H3. The van der Waals surface area contributed by atoms with Crippen molar-refractivity contribution in [1.82, 2.24) is 4.90 Å². The van der Waals surface area contributed by atoms with Crippen LogP contribution in [0.1, 0.15) is 0 Å². The van der Waals surface area contributed by atoms with Gasteiger partial charge in [0.1, 0.15) is 6.67 Å². The van der Waals surface area contributed by atoms with Crippen LogP contribution in [0.4, 0.5) is 0 Å². The first kappa shape index (κ1) is 9.10. The first-order valence-corrected chi connectivity index (χ1v) is 3.99. The van der Waals surface area contributed by atoms with E-state index in [0.717, 1.165) is 0 Å². The van der Waals surface area contributed by atoms with Crippen LogP contribution in [-0.4, -0.2) is 34.6 Å². The molecule has 0 bridgehead atoms. The number of hydrogen-bond donors (Lipinski definition) is 0. The number of rotatable bonds is 0. The van der Waals surface area contributed by atoms with E-state index >= 15 is 0 Å². The molecule has 1 aliphatic heterocycles. The maximum absolute atomic E-state index is 5.53. The molecule has 0 unspecified atom stereocenters. The van der Waals surface area contributed by atoms with Crippen molar-refractivity contribution < 1.29 is 0 Å². The molecule has 1 heterocycles. The van der Waals surface area contributed by atoms with Crippen molar-refractivity contribution in [3.05, 3.63) is 0 Å². The predicted molar refractivity (Wildman–Crippen MR) is 48.8 cm³/mol. The molecule has 1 rings (SSSR count). The van der Waals surface area contributed by atoms with E-state index in [9.17, 15) is 0 Å². The zero-order valence-corrected chi connectivity index (χ0v) is 8.03. The minimum absolute atomic E-state index is 0.237. The molecule has 0 N–H and O–H groups in total. The van der Waals surface area contributed by atoms with Gasteiger partial charge in [0, 0.05) is 7.05 Å². The van der Waals surface area contributed by atoms with Crippen molar-refractivity contribution in [3.8, 4) is 0 Å². The van der Waals surface area contributed by atoms with Crippen molar-refractivity contribution >= 4 is 47.0 Å². The highest BCUT2D eigenvalue weighted by molar-refractivity contribution is 6.76. The highest BCUT2D eigenvalue weighted by atomic mass is 35.6. The van der Waals surface area contributed by atoms with Crippen LogP contribution in [0.5, 0.6) is 0 Å². The van der Waals surface area contributed by atoms with Gasteiger partial charge in [-0.15, -0.1) is 0 Å². The van der Waals surface area contributed by atoms with E-state index in [1.807, 2.05) is 7.05 Å². The van der Waals surface area contributed by atoms with Crippen LogP contribution in [0.15, 0.2) is 9.98 Å². The summed E-state index contributed by atoms with van der Waals surface area (Å²) >= 11 is 16.6. The second-order valence-electron chi connectivity index (χ2n) is 2.12. The van der Waals surface area contributed by atoms with Crippen LogP contribution >= 0.6 is 34.8 Å². The minimum Gasteiger partial charge on any atom is -0.346 e. The van der Waals surface area contributed by atoms with Crippen LogP contribution in [-0.2, 0) is 0 Å². The fourth-order valence-electron chi connectivity index (χ4n) is 0.572. The van der Waals surface area contributed by atoms with Crippen molar-refractivity contribution in [2.75, 3.05) is 13.7 Å². The van der Waals surface area contributed by atoms with E-state index < -0.39 is 3.79 Å². The first-order chi connectivity index (χ1) is 5.00. The summed E-state index contributed by atoms with van der Waals surface area (Å²) in [7, 11) is 1.84. The van der Waals surface area contributed by atoms with Gasteiger partial charge < -0.3 is 4.90 Å². The number of halogens is 3. The van der Waals surface area contributed by atoms with E-state index in [0.29, 0.717) is 6.67 Å². The maximum Gasteiger partial charge on any atom is 0.249 e. The van der Waals surface area contributed by atoms with Gasteiger partial charge in [-0.25, -0.2) is 9.98 Å². The molecule has 1 aliphatic rings. The van der Waals surface area contributed by atoms with Gasteiger partial charge in [-0.2, -0.15) is 0 Å². The highest BCUT2D eigenvalue weighted by Crippen LogP contribution is 2.29. The summed E-state index contributed by atoms with van der Waals surface area (Å²) in [5.74, 6) is 0.237. The van der Waals surface area contributed by atoms with E-state index in [2.05, 4.69) is 9.98 Å². The predicted octanol–water partition coefficient (Wildman–Crippen LogP) is 1.69. The molecule has 0 amide bonds. The van der Waals surface area contributed by atoms with Gasteiger partial charge in [0.25, 0.3) is 0 Å². The SMILES string of the molecule is CN1C=NC(C(Cl)(Cl)Cl)=NC1. The maximum atomic E-state index is 5.53. The Balaban J connectivity index is 2.71. The number of amidine groups is 1. The summed E-state index contributed by atoms with van der Waals surface area (Å²) in [4.78, 5) is 9.55. The fraction of sp³-hybridized carbons (Fsp3) is 0.600. The van der Waals surface area contributed by atoms with E-state index in [1.165, 1.54) is 0 Å². The van der Waals surface area contributed by atoms with Gasteiger partial charge in [0.2, 0.25) is 3.79 Å². The Morgan fingerprint density at radius 2 is 2.18 bits per heavy atom. The molecule has 0 spiro atoms. The lowest BCUT2D eigenvalue weighted by atomic mass is 10.6. The normalized spacial score (nSPS) is 18.5. The monoisotopic (exact) mass is 213 g/mol. The Kier molecular flexibility index (Phi) is 2.62. The third-order valence-corrected chi connectivity index (χ3v) is 1.58. The second-order valence-corrected chi connectivity index (χ2v) is 4.40. The van der Waals surface area contributed by atoms with Crippen LogP contribution in [0.3, 0.4) is 0 Å². The molecule has 0 radical (unpaired) electrons. The van der Waals surface area contributed by atoms with Crippen LogP contribution in [0.2, 0.25) is 0 Å². The van der Waals surface area contributed by atoms with Crippen LogP contribution in [0.25, 0.3) is 0 Å². The van der Waals surface area contributed by atoms with Gasteiger partial charge >= 0.3 is 0 Å². The molecule has 0 fully saturated rings. The molecular formula is C5H6Cl3N3. The number of alkyl halides is 3. The van der Waals surface area contributed by atoms with Crippen molar-refractivity contribution in [1.29, 1.82) is 0 Å². The van der Waals surface area contributed by atoms with E-state index in [1.54, 1.807) is 11.2 Å². The molecule has 62 valence electrons. The molecular weight excluding hydrogens is 208 g/mol. The summed E-state index contributed by atoms with van der Waals surface area (Å²) in [6.45, 7) is 0.479. The molecule has 0 saturated carbocycles. The summed E-state index contributed by atoms with van der Waals surface area (Å²) < 4.78 is -1.50. The minimum atomic E-state index is -1.50. The molecule has 0 aliphatic carbocycles. The summed E-state index contributed by atoms with van der Waals surface area (Å²) in [6, 6.07) is 0. The molecule has 0 aromatic heterocycles. The third kappa shape index (κ3) is 2.51. The molecule has 0 aromatic carbocycles. The van der Waals surface area contributed by atoms with Crippen molar-refractivity contribution in [2.24, 2.45) is 9.98 Å². The Morgan fingerprint density at radius 1 is 1.55 bits per heavy atom. The molecule has 0 saturated heterocycles. The van der Waals surface area contributed by atoms with Crippen LogP contribution < -0.4 is 0 Å². The fourth-order valence-corrected chi connectivity index (χ4v) is 0.898. The van der Waals surface area contributed by atoms with Gasteiger partial charge in [-0.1, -0.05) is 34.8 Å². The molecule has 11 heavy (non-hydrogen) atoms. The van der Waals surface area contributed by atoms with Crippen molar-refractivity contribution in [2.45, 2.75) is 3.79 Å². The van der Waals surface area contributed by atoms with E-state index in [-0.39, 0.29) is 5.84 Å². The Morgan fingerprint density at radius 3 is 2.55 bits per heavy atom. The smallest absolute Gasteiger partial charge is 0.249 e. The lowest BCUT2D eigenvalue weighted by Crippen LogP contribution is -2.27. The lowest BCUT2D eigenvalue weighted by Gasteiger charge is -2.18. The van der Waals surface area contributed by atoms with E-state index in [4.69, 9.17) is 34.8 Å². The first-order valence-electron chi connectivity index (χ1n) is 2.86. The lowest BCUT2D eigenvalue weighted by molar-refractivity contribution is 0.531. The van der Waals surface area contributed by atoms with Crippen LogP contribution in [0, 0.1) is 0 Å². The Bertz CT molecular complexity index is 206. The quantitative estimate of drug-likeness (QED) is 0.564. The zero-order valence-electron chi connectivity index (χ0n) is 5.76. The van der Waals surface area contributed by atoms with Gasteiger partial charge in [0.15, 0.2) is 5.84 Å². The molecule has 0 atom stereocenters. The van der Waals surface area contributed by atoms with Gasteiger partial charge in [-0.05, 0) is 0 Å². The average Bonchev–Trinajstić information content (AvgIpc) is 1.86. The third-order valence-electron chi connectivity index (χ3n) is 1.07. The summed E-state index contributed by atoms with van der Waals surface area (Å²) in [5.41, 5.74) is 0. The number of hydrogen-bond acceptors (Lipinski definition) is 3. The Hall–Kier alpha value is 0.01000. The molecule has 0 aromatic rings. The van der Waals surface area contributed by atoms with Gasteiger partial charge in [0.05, 0.1) is 6.34 Å². The number of aliphatic imine (C=N–C) groups is 2. The molecule has 6 heteroatoms. The number of nitrogens with zero attached hydrogens (tertiary/aromatic N) is 3. The second kappa shape index (κ2) is 3.17. The summed E-state index contributed by atoms with van der Waals surface area (Å²) in [5, 5.41) is 0. The summed E-state index contributed by atoms with van der Waals surface area (Å²) in [6.07, 6.45) is 1.57. The zero-order chi connectivity index (χ0) is 8.48. The van der Waals surface area contributed by atoms with Crippen molar-refractivity contribution in [3.63, 3.8) is 0 Å². The average molecular weight is 214 g/mol. The largest absolute Gasteiger partial charge is 0.346 e. The highest BCUT2D eigenvalue weighted by Gasteiger charge is 2.28.